The van der Waals surface area contributed by atoms with Gasteiger partial charge >= 0.3 is 0 Å². The first-order valence-corrected chi connectivity index (χ1v) is 11.5. The number of nitrogens with one attached hydrogen (secondary N) is 1. The third-order valence-electron chi connectivity index (χ3n) is 4.80. The van der Waals surface area contributed by atoms with Crippen LogP contribution >= 0.6 is 23.1 Å². The highest BCUT2D eigenvalue weighted by Gasteiger charge is 2.38. The third-order valence-corrected chi connectivity index (χ3v) is 6.02. The van der Waals surface area contributed by atoms with E-state index in [1.165, 1.54) is 4.90 Å². The van der Waals surface area contributed by atoms with Crippen LogP contribution in [0.5, 0.6) is 0 Å². The number of halogens is 1. The summed E-state index contributed by atoms with van der Waals surface area (Å²) in [7, 11) is 0. The number of nitrogen functional groups attached to an aromatic ring is 1. The van der Waals surface area contributed by atoms with Crippen molar-refractivity contribution in [3.63, 3.8) is 0 Å². The maximum Gasteiger partial charge on any atom is 0.270 e. The van der Waals surface area contributed by atoms with E-state index in [9.17, 15) is 14.4 Å². The van der Waals surface area contributed by atoms with E-state index in [4.69, 9.17) is 27.5 Å². The van der Waals surface area contributed by atoms with E-state index in [0.717, 1.165) is 11.5 Å². The van der Waals surface area contributed by atoms with Crippen molar-refractivity contribution >= 4 is 46.5 Å². The number of carbonyl (C=O) groups is 3. The third kappa shape index (κ3) is 5.57. The van der Waals surface area contributed by atoms with E-state index >= 15 is 0 Å². The highest BCUT2D eigenvalue weighted by molar-refractivity contribution is 7.09. The van der Waals surface area contributed by atoms with Gasteiger partial charge in [-0.1, -0.05) is 29.8 Å². The molecule has 34 heavy (non-hydrogen) atoms. The van der Waals surface area contributed by atoms with Crippen LogP contribution in [0.2, 0.25) is 5.02 Å². The van der Waals surface area contributed by atoms with Gasteiger partial charge in [0.1, 0.15) is 16.4 Å². The van der Waals surface area contributed by atoms with E-state index < -0.39 is 29.3 Å². The normalized spacial score (nSPS) is 12.3. The molecular formula is C23H26ClN5O4S. The lowest BCUT2D eigenvalue weighted by Crippen LogP contribution is -2.49. The Kier molecular flexibility index (Phi) is 7.32. The lowest BCUT2D eigenvalue weighted by atomic mass is 10.0. The number of amides is 3. The van der Waals surface area contributed by atoms with Gasteiger partial charge in [0.2, 0.25) is 0 Å². The second kappa shape index (κ2) is 9.86. The number of primary amides is 1. The molecule has 0 bridgehead atoms. The lowest BCUT2D eigenvalue weighted by molar-refractivity contribution is -0.128. The van der Waals surface area contributed by atoms with Gasteiger partial charge in [0.25, 0.3) is 17.7 Å². The van der Waals surface area contributed by atoms with Gasteiger partial charge in [0.15, 0.2) is 11.7 Å². The van der Waals surface area contributed by atoms with Crippen LogP contribution < -0.4 is 16.8 Å². The molecule has 0 spiro atoms. The quantitative estimate of drug-likeness (QED) is 0.448. The van der Waals surface area contributed by atoms with Crippen LogP contribution in [0.4, 0.5) is 5.69 Å². The summed E-state index contributed by atoms with van der Waals surface area (Å²) in [6, 6.07) is 9.16. The summed E-state index contributed by atoms with van der Waals surface area (Å²) in [5, 5.41) is 3.33. The van der Waals surface area contributed by atoms with Crippen LogP contribution in [0, 0.1) is 6.92 Å². The minimum Gasteiger partial charge on any atom is -0.464 e. The fourth-order valence-corrected chi connectivity index (χ4v) is 4.27. The lowest BCUT2D eigenvalue weighted by Gasteiger charge is -2.32. The molecule has 180 valence electrons. The summed E-state index contributed by atoms with van der Waals surface area (Å²) in [4.78, 5) is 40.2. The van der Waals surface area contributed by atoms with E-state index in [1.807, 2.05) is 20.8 Å². The predicted octanol–water partition coefficient (Wildman–Crippen LogP) is 3.68. The Bertz CT molecular complexity index is 1230. The number of hydrogen-bond acceptors (Lipinski definition) is 7. The summed E-state index contributed by atoms with van der Waals surface area (Å²) in [6.45, 7) is 7.19. The fraction of sp³-hybridized carbons (Fsp3) is 0.304. The monoisotopic (exact) mass is 503 g/mol. The van der Waals surface area contributed by atoms with Gasteiger partial charge < -0.3 is 26.1 Å². The van der Waals surface area contributed by atoms with Gasteiger partial charge in [-0.3, -0.25) is 14.4 Å². The Hall–Kier alpha value is -3.37. The predicted molar refractivity (Wildman–Crippen MR) is 130 cm³/mol. The fourth-order valence-electron chi connectivity index (χ4n) is 3.31. The van der Waals surface area contributed by atoms with Crippen LogP contribution in [0.1, 0.15) is 64.1 Å². The average molecular weight is 504 g/mol. The number of hydrogen-bond donors (Lipinski definition) is 3. The van der Waals surface area contributed by atoms with Crippen molar-refractivity contribution in [2.75, 3.05) is 5.73 Å². The van der Waals surface area contributed by atoms with Crippen LogP contribution in [0.25, 0.3) is 0 Å². The van der Waals surface area contributed by atoms with Crippen LogP contribution in [0.15, 0.2) is 40.8 Å². The first-order valence-electron chi connectivity index (χ1n) is 10.4. The number of nitrogens with zero attached hydrogens (tertiary/aromatic N) is 2. The van der Waals surface area contributed by atoms with Crippen LogP contribution in [-0.4, -0.2) is 32.5 Å². The molecule has 0 saturated heterocycles. The molecular weight excluding hydrogens is 478 g/mol. The summed E-state index contributed by atoms with van der Waals surface area (Å²) >= 11 is 7.12. The number of nitrogens with two attached hydrogens (primary N) is 2. The zero-order valence-corrected chi connectivity index (χ0v) is 20.8. The molecule has 0 radical (unpaired) electrons. The van der Waals surface area contributed by atoms with Gasteiger partial charge in [-0.05, 0) is 63.0 Å². The molecule has 9 nitrogen and oxygen atoms in total. The minimum absolute atomic E-state index is 0.0160. The van der Waals surface area contributed by atoms with E-state index in [0.29, 0.717) is 16.3 Å². The molecule has 2 aromatic heterocycles. The van der Waals surface area contributed by atoms with Gasteiger partial charge in [-0.15, -0.1) is 0 Å². The summed E-state index contributed by atoms with van der Waals surface area (Å²) in [5.74, 6) is -1.10. The van der Waals surface area contributed by atoms with Crippen molar-refractivity contribution in [2.45, 2.75) is 45.8 Å². The molecule has 3 aromatic rings. The SMILES string of the molecule is Cc1ccc(C(C(=O)NC(C)(C)C)N(Cc2ccccc2Cl)C(=O)c2snc(C(N)=O)c2N)o1. The van der Waals surface area contributed by atoms with Crippen molar-refractivity contribution in [1.29, 1.82) is 0 Å². The maximum absolute atomic E-state index is 13.8. The molecule has 1 atom stereocenters. The van der Waals surface area contributed by atoms with Crippen molar-refractivity contribution in [2.24, 2.45) is 5.73 Å². The summed E-state index contributed by atoms with van der Waals surface area (Å²) < 4.78 is 9.71. The zero-order chi connectivity index (χ0) is 25.2. The Morgan fingerprint density at radius 1 is 1.21 bits per heavy atom. The first-order chi connectivity index (χ1) is 15.9. The molecule has 0 fully saturated rings. The number of benzene rings is 1. The number of anilines is 1. The molecule has 3 rings (SSSR count). The maximum atomic E-state index is 13.8. The van der Waals surface area contributed by atoms with Crippen molar-refractivity contribution in [3.05, 3.63) is 69.1 Å². The average Bonchev–Trinajstić information content (AvgIpc) is 3.32. The zero-order valence-electron chi connectivity index (χ0n) is 19.2. The van der Waals surface area contributed by atoms with E-state index in [-0.39, 0.29) is 28.6 Å². The molecule has 0 aliphatic heterocycles. The summed E-state index contributed by atoms with van der Waals surface area (Å²) in [5.41, 5.74) is 11.0. The van der Waals surface area contributed by atoms with Gasteiger partial charge in [0, 0.05) is 17.1 Å². The van der Waals surface area contributed by atoms with Crippen molar-refractivity contribution < 1.29 is 18.8 Å². The standard InChI is InChI=1S/C23H26ClN5O4S/c1-12-9-10-15(33-12)18(21(31)27-23(2,3)4)29(11-13-7-5-6-8-14(13)24)22(32)19-16(25)17(20(26)30)28-34-19/h5-10,18H,11,25H2,1-4H3,(H2,26,30)(H,27,31). The van der Waals surface area contributed by atoms with E-state index in [1.54, 1.807) is 43.3 Å². The molecule has 0 aliphatic rings. The van der Waals surface area contributed by atoms with Gasteiger partial charge in [0.05, 0.1) is 5.69 Å². The molecule has 0 saturated carbocycles. The van der Waals surface area contributed by atoms with E-state index in [2.05, 4.69) is 9.69 Å². The van der Waals surface area contributed by atoms with Crippen molar-refractivity contribution in [1.82, 2.24) is 14.6 Å². The summed E-state index contributed by atoms with van der Waals surface area (Å²) in [6.07, 6.45) is 0. The molecule has 2 heterocycles. The molecule has 1 aromatic carbocycles. The van der Waals surface area contributed by atoms with Gasteiger partial charge in [-0.25, -0.2) is 0 Å². The number of carbonyl (C=O) groups excluding carboxylic acids is 3. The Labute approximate surface area is 206 Å². The smallest absolute Gasteiger partial charge is 0.270 e. The second-order valence-electron chi connectivity index (χ2n) is 8.75. The highest BCUT2D eigenvalue weighted by atomic mass is 35.5. The largest absolute Gasteiger partial charge is 0.464 e. The van der Waals surface area contributed by atoms with Crippen LogP contribution in [0.3, 0.4) is 0 Å². The number of aromatic nitrogens is 1. The molecule has 3 amide bonds. The topological polar surface area (TPSA) is 145 Å². The number of furan rings is 1. The second-order valence-corrected chi connectivity index (χ2v) is 9.93. The molecule has 0 aliphatic carbocycles. The Balaban J connectivity index is 2.16. The highest BCUT2D eigenvalue weighted by Crippen LogP contribution is 2.32. The number of aryl methyl sites for hydroxylation is 1. The van der Waals surface area contributed by atoms with Gasteiger partial charge in [-0.2, -0.15) is 4.37 Å². The Morgan fingerprint density at radius 3 is 2.41 bits per heavy atom. The number of rotatable bonds is 7. The molecule has 1 unspecified atom stereocenters. The molecule has 11 heteroatoms. The van der Waals surface area contributed by atoms with Crippen molar-refractivity contribution in [3.8, 4) is 0 Å². The first kappa shape index (κ1) is 25.3. The molecule has 5 N–H and O–H groups in total. The van der Waals surface area contributed by atoms with Crippen LogP contribution in [-0.2, 0) is 11.3 Å². The Morgan fingerprint density at radius 2 is 1.88 bits per heavy atom. The minimum atomic E-state index is -1.16.